The summed E-state index contributed by atoms with van der Waals surface area (Å²) in [6.45, 7) is 6.59. The van der Waals surface area contributed by atoms with E-state index >= 15 is 0 Å². The van der Waals surface area contributed by atoms with Crippen molar-refractivity contribution in [3.63, 3.8) is 0 Å². The number of halogens is 1. The molecule has 1 saturated heterocycles. The molecule has 0 bridgehead atoms. The van der Waals surface area contributed by atoms with Crippen LogP contribution in [0.25, 0.3) is 0 Å². The molecule has 1 aromatic rings. The summed E-state index contributed by atoms with van der Waals surface area (Å²) in [4.78, 5) is 24.5. The number of hydrazine groups is 1. The number of hydrogen-bond acceptors (Lipinski definition) is 6. The van der Waals surface area contributed by atoms with E-state index in [9.17, 15) is 14.9 Å². The molecule has 1 aliphatic rings. The Hall–Kier alpha value is -2.06. The monoisotopic (exact) mass is 370 g/mol. The molecule has 8 nitrogen and oxygen atoms in total. The molecule has 0 radical (unpaired) electrons. The van der Waals surface area contributed by atoms with E-state index in [0.29, 0.717) is 23.8 Å². The highest BCUT2D eigenvalue weighted by molar-refractivity contribution is 6.30. The zero-order valence-electron chi connectivity index (χ0n) is 14.5. The predicted octanol–water partition coefficient (Wildman–Crippen LogP) is 3.25. The van der Waals surface area contributed by atoms with E-state index in [4.69, 9.17) is 16.3 Å². The van der Waals surface area contributed by atoms with Crippen molar-refractivity contribution in [1.29, 1.82) is 0 Å². The Kier molecular flexibility index (Phi) is 6.07. The van der Waals surface area contributed by atoms with Crippen LogP contribution in [0.3, 0.4) is 0 Å². The zero-order valence-corrected chi connectivity index (χ0v) is 15.3. The Morgan fingerprint density at radius 1 is 1.44 bits per heavy atom. The third kappa shape index (κ3) is 5.75. The number of carbonyl (C=O) groups excluding carboxylic acids is 1. The first-order chi connectivity index (χ1) is 11.7. The largest absolute Gasteiger partial charge is 0.443 e. The Morgan fingerprint density at radius 3 is 2.80 bits per heavy atom. The van der Waals surface area contributed by atoms with Crippen molar-refractivity contribution in [3.05, 3.63) is 33.3 Å². The SMILES string of the molecule is CC(C)(C)OC(=O)NNC1CCCN(c2ccc(Cl)cc2[N+](=O)[O-])C1. The highest BCUT2D eigenvalue weighted by atomic mass is 35.5. The van der Waals surface area contributed by atoms with Gasteiger partial charge in [-0.3, -0.25) is 15.5 Å². The summed E-state index contributed by atoms with van der Waals surface area (Å²) >= 11 is 5.87. The molecule has 0 spiro atoms. The van der Waals surface area contributed by atoms with Gasteiger partial charge < -0.3 is 9.64 Å². The quantitative estimate of drug-likeness (QED) is 0.623. The number of anilines is 1. The fourth-order valence-electron chi connectivity index (χ4n) is 2.69. The van der Waals surface area contributed by atoms with Crippen LogP contribution in [0.4, 0.5) is 16.2 Å². The van der Waals surface area contributed by atoms with Crippen LogP contribution in [-0.4, -0.2) is 35.7 Å². The van der Waals surface area contributed by atoms with E-state index in [1.54, 1.807) is 32.9 Å². The molecule has 1 atom stereocenters. The Bertz CT molecular complexity index is 648. The minimum Gasteiger partial charge on any atom is -0.443 e. The molecule has 1 heterocycles. The van der Waals surface area contributed by atoms with Crippen LogP contribution in [0, 0.1) is 10.1 Å². The number of nitro benzene ring substituents is 1. The van der Waals surface area contributed by atoms with Gasteiger partial charge in [0, 0.05) is 30.2 Å². The third-order valence-electron chi connectivity index (χ3n) is 3.67. The van der Waals surface area contributed by atoms with Gasteiger partial charge in [-0.05, 0) is 45.7 Å². The molecular weight excluding hydrogens is 348 g/mol. The fraction of sp³-hybridized carbons (Fsp3) is 0.562. The van der Waals surface area contributed by atoms with E-state index in [-0.39, 0.29) is 11.7 Å². The number of ether oxygens (including phenoxy) is 1. The number of hydrogen-bond donors (Lipinski definition) is 2. The number of rotatable bonds is 4. The Balaban J connectivity index is 2.00. The van der Waals surface area contributed by atoms with Gasteiger partial charge in [-0.25, -0.2) is 10.2 Å². The van der Waals surface area contributed by atoms with Gasteiger partial charge in [0.15, 0.2) is 0 Å². The lowest BCUT2D eigenvalue weighted by Gasteiger charge is -2.34. The number of nitro groups is 1. The van der Waals surface area contributed by atoms with Crippen molar-refractivity contribution in [2.45, 2.75) is 45.3 Å². The number of carbonyl (C=O) groups is 1. The second-order valence-corrected chi connectivity index (χ2v) is 7.38. The van der Waals surface area contributed by atoms with Gasteiger partial charge in [0.05, 0.1) is 4.92 Å². The maximum Gasteiger partial charge on any atom is 0.422 e. The maximum atomic E-state index is 11.7. The summed E-state index contributed by atoms with van der Waals surface area (Å²) in [5, 5.41) is 11.6. The van der Waals surface area contributed by atoms with Gasteiger partial charge in [0.2, 0.25) is 0 Å². The Morgan fingerprint density at radius 2 is 2.16 bits per heavy atom. The lowest BCUT2D eigenvalue weighted by molar-refractivity contribution is -0.384. The minimum atomic E-state index is -0.575. The normalized spacial score (nSPS) is 17.9. The van der Waals surface area contributed by atoms with Crippen molar-refractivity contribution < 1.29 is 14.5 Å². The summed E-state index contributed by atoms with van der Waals surface area (Å²) in [5.74, 6) is 0. The van der Waals surface area contributed by atoms with E-state index in [2.05, 4.69) is 10.9 Å². The minimum absolute atomic E-state index is 0.0201. The molecule has 1 fully saturated rings. The van der Waals surface area contributed by atoms with Crippen molar-refractivity contribution in [2.75, 3.05) is 18.0 Å². The van der Waals surface area contributed by atoms with Crippen molar-refractivity contribution >= 4 is 29.1 Å². The molecule has 0 aromatic heterocycles. The van der Waals surface area contributed by atoms with Gasteiger partial charge in [0.1, 0.15) is 11.3 Å². The number of nitrogens with zero attached hydrogens (tertiary/aromatic N) is 2. The molecule has 9 heteroatoms. The van der Waals surface area contributed by atoms with Crippen LogP contribution in [0.5, 0.6) is 0 Å². The molecule has 0 aliphatic carbocycles. The highest BCUT2D eigenvalue weighted by Gasteiger charge is 2.26. The van der Waals surface area contributed by atoms with Gasteiger partial charge in [-0.1, -0.05) is 11.6 Å². The number of nitrogens with one attached hydrogen (secondary N) is 2. The van der Waals surface area contributed by atoms with Gasteiger partial charge >= 0.3 is 6.09 Å². The van der Waals surface area contributed by atoms with Gasteiger partial charge in [-0.15, -0.1) is 0 Å². The second-order valence-electron chi connectivity index (χ2n) is 6.95. The smallest absolute Gasteiger partial charge is 0.422 e. The van der Waals surface area contributed by atoms with Gasteiger partial charge in [-0.2, -0.15) is 0 Å². The van der Waals surface area contributed by atoms with E-state index in [1.807, 2.05) is 4.90 Å². The molecule has 25 heavy (non-hydrogen) atoms. The zero-order chi connectivity index (χ0) is 18.6. The summed E-state index contributed by atoms with van der Waals surface area (Å²) in [6.07, 6.45) is 1.13. The van der Waals surface area contributed by atoms with Crippen molar-refractivity contribution in [1.82, 2.24) is 10.9 Å². The first kappa shape index (κ1) is 19.3. The number of benzene rings is 1. The fourth-order valence-corrected chi connectivity index (χ4v) is 2.85. The van der Waals surface area contributed by atoms with Crippen molar-refractivity contribution in [3.8, 4) is 0 Å². The first-order valence-electron chi connectivity index (χ1n) is 8.09. The summed E-state index contributed by atoms with van der Waals surface area (Å²) in [6, 6.07) is 4.60. The van der Waals surface area contributed by atoms with Crippen molar-refractivity contribution in [2.24, 2.45) is 0 Å². The van der Waals surface area contributed by atoms with E-state index in [1.165, 1.54) is 6.07 Å². The third-order valence-corrected chi connectivity index (χ3v) is 3.91. The average Bonchev–Trinajstić information content (AvgIpc) is 2.51. The van der Waals surface area contributed by atoms with Crippen LogP contribution in [0.1, 0.15) is 33.6 Å². The number of piperidine rings is 1. The lowest BCUT2D eigenvalue weighted by Crippen LogP contribution is -2.53. The standard InChI is InChI=1S/C16H23ClN4O4/c1-16(2,3)25-15(22)19-18-12-5-4-8-20(10-12)13-7-6-11(17)9-14(13)21(23)24/h6-7,9,12,18H,4-5,8,10H2,1-3H3,(H,19,22). The molecule has 1 unspecified atom stereocenters. The molecule has 138 valence electrons. The topological polar surface area (TPSA) is 96.7 Å². The predicted molar refractivity (Wildman–Crippen MR) is 95.8 cm³/mol. The highest BCUT2D eigenvalue weighted by Crippen LogP contribution is 2.32. The molecule has 1 aromatic carbocycles. The molecule has 2 N–H and O–H groups in total. The molecule has 1 aliphatic heterocycles. The summed E-state index contributed by atoms with van der Waals surface area (Å²) in [7, 11) is 0. The number of amides is 1. The van der Waals surface area contributed by atoms with Crippen LogP contribution in [0.2, 0.25) is 5.02 Å². The molecule has 1 amide bonds. The summed E-state index contributed by atoms with van der Waals surface area (Å²) in [5.41, 5.74) is 5.41. The maximum absolute atomic E-state index is 11.7. The average molecular weight is 371 g/mol. The Labute approximate surface area is 151 Å². The van der Waals surface area contributed by atoms with E-state index < -0.39 is 16.6 Å². The van der Waals surface area contributed by atoms with Gasteiger partial charge in [0.25, 0.3) is 5.69 Å². The van der Waals surface area contributed by atoms with Crippen LogP contribution < -0.4 is 15.8 Å². The van der Waals surface area contributed by atoms with E-state index in [0.717, 1.165) is 12.8 Å². The summed E-state index contributed by atoms with van der Waals surface area (Å²) < 4.78 is 5.17. The van der Waals surface area contributed by atoms with Crippen LogP contribution in [-0.2, 0) is 4.74 Å². The molecule has 0 saturated carbocycles. The van der Waals surface area contributed by atoms with Crippen LogP contribution >= 0.6 is 11.6 Å². The second kappa shape index (κ2) is 7.88. The molecule has 2 rings (SSSR count). The molecular formula is C16H23ClN4O4. The first-order valence-corrected chi connectivity index (χ1v) is 8.47. The lowest BCUT2D eigenvalue weighted by atomic mass is 10.1. The van der Waals surface area contributed by atoms with Crippen LogP contribution in [0.15, 0.2) is 18.2 Å².